The minimum absolute atomic E-state index is 0.0497. The standard InChI is InChI=1S/C21H24Cl2N2O/c1-14-6-7-20(15(2)12-14)24-21(26)16-8-10-25(11-9-16)13-17-18(22)4-3-5-19(17)23/h3-7,12,16H,8-11,13H2,1-2H3,(H,24,26). The van der Waals surface area contributed by atoms with Crippen LogP contribution in [0.2, 0.25) is 10.0 Å². The molecule has 1 N–H and O–H groups in total. The van der Waals surface area contributed by atoms with E-state index >= 15 is 0 Å². The molecule has 2 aromatic carbocycles. The molecular formula is C21H24Cl2N2O. The molecule has 1 amide bonds. The van der Waals surface area contributed by atoms with E-state index in [-0.39, 0.29) is 11.8 Å². The van der Waals surface area contributed by atoms with Gasteiger partial charge in [0.15, 0.2) is 0 Å². The van der Waals surface area contributed by atoms with Gasteiger partial charge in [0, 0.05) is 33.8 Å². The molecule has 0 atom stereocenters. The molecular weight excluding hydrogens is 367 g/mol. The average molecular weight is 391 g/mol. The van der Waals surface area contributed by atoms with Gasteiger partial charge in [-0.15, -0.1) is 0 Å². The summed E-state index contributed by atoms with van der Waals surface area (Å²) in [5.74, 6) is 0.168. The van der Waals surface area contributed by atoms with Crippen molar-refractivity contribution >= 4 is 34.8 Å². The SMILES string of the molecule is Cc1ccc(NC(=O)C2CCN(Cc3c(Cl)cccc3Cl)CC2)c(C)c1. The van der Waals surface area contributed by atoms with Crippen molar-refractivity contribution in [1.29, 1.82) is 0 Å². The van der Waals surface area contributed by atoms with Crippen molar-refractivity contribution in [3.8, 4) is 0 Å². The molecule has 26 heavy (non-hydrogen) atoms. The van der Waals surface area contributed by atoms with Gasteiger partial charge in [-0.3, -0.25) is 9.69 Å². The molecule has 1 aliphatic heterocycles. The normalized spacial score (nSPS) is 15.8. The Morgan fingerprint density at radius 3 is 2.38 bits per heavy atom. The van der Waals surface area contributed by atoms with E-state index in [0.29, 0.717) is 10.0 Å². The highest BCUT2D eigenvalue weighted by Gasteiger charge is 2.26. The van der Waals surface area contributed by atoms with Gasteiger partial charge in [0.05, 0.1) is 0 Å². The molecule has 0 unspecified atom stereocenters. The summed E-state index contributed by atoms with van der Waals surface area (Å²) in [5.41, 5.74) is 4.18. The summed E-state index contributed by atoms with van der Waals surface area (Å²) in [5, 5.41) is 4.49. The highest BCUT2D eigenvalue weighted by atomic mass is 35.5. The number of hydrogen-bond donors (Lipinski definition) is 1. The molecule has 0 aliphatic carbocycles. The summed E-state index contributed by atoms with van der Waals surface area (Å²) in [6, 6.07) is 11.7. The van der Waals surface area contributed by atoms with Gasteiger partial charge in [0.1, 0.15) is 0 Å². The lowest BCUT2D eigenvalue weighted by Gasteiger charge is -2.31. The van der Waals surface area contributed by atoms with E-state index < -0.39 is 0 Å². The predicted molar refractivity (Wildman–Crippen MR) is 109 cm³/mol. The lowest BCUT2D eigenvalue weighted by Crippen LogP contribution is -2.38. The molecule has 0 spiro atoms. The second kappa shape index (κ2) is 8.43. The minimum atomic E-state index is 0.0497. The molecule has 138 valence electrons. The van der Waals surface area contributed by atoms with Gasteiger partial charge in [0.25, 0.3) is 0 Å². The molecule has 2 aromatic rings. The fraction of sp³-hybridized carbons (Fsp3) is 0.381. The van der Waals surface area contributed by atoms with Gasteiger partial charge in [-0.05, 0) is 63.5 Å². The van der Waals surface area contributed by atoms with E-state index in [0.717, 1.165) is 49.3 Å². The van der Waals surface area contributed by atoms with Crippen molar-refractivity contribution in [3.05, 3.63) is 63.1 Å². The van der Waals surface area contributed by atoms with Crippen LogP contribution in [-0.4, -0.2) is 23.9 Å². The molecule has 3 rings (SSSR count). The first-order chi connectivity index (χ1) is 12.4. The Bertz CT molecular complexity index is 778. The van der Waals surface area contributed by atoms with Gasteiger partial charge in [0.2, 0.25) is 5.91 Å². The highest BCUT2D eigenvalue weighted by Crippen LogP contribution is 2.28. The van der Waals surface area contributed by atoms with Crippen LogP contribution in [0.25, 0.3) is 0 Å². The number of aryl methyl sites for hydroxylation is 2. The van der Waals surface area contributed by atoms with Crippen molar-refractivity contribution in [2.45, 2.75) is 33.2 Å². The van der Waals surface area contributed by atoms with Crippen LogP contribution in [0.1, 0.15) is 29.5 Å². The Balaban J connectivity index is 1.55. The van der Waals surface area contributed by atoms with Crippen molar-refractivity contribution in [1.82, 2.24) is 4.90 Å². The van der Waals surface area contributed by atoms with Crippen molar-refractivity contribution in [3.63, 3.8) is 0 Å². The number of piperidine rings is 1. The number of rotatable bonds is 4. The quantitative estimate of drug-likeness (QED) is 0.751. The van der Waals surface area contributed by atoms with Crippen molar-refractivity contribution in [2.75, 3.05) is 18.4 Å². The van der Waals surface area contributed by atoms with E-state index in [2.05, 4.69) is 23.2 Å². The summed E-state index contributed by atoms with van der Waals surface area (Å²) >= 11 is 12.5. The second-order valence-electron chi connectivity index (χ2n) is 7.06. The fourth-order valence-electron chi connectivity index (χ4n) is 3.45. The number of nitrogens with one attached hydrogen (secondary N) is 1. The first-order valence-electron chi connectivity index (χ1n) is 8.97. The maximum Gasteiger partial charge on any atom is 0.227 e. The molecule has 0 aromatic heterocycles. The van der Waals surface area contributed by atoms with Gasteiger partial charge in [-0.25, -0.2) is 0 Å². The van der Waals surface area contributed by atoms with Gasteiger partial charge >= 0.3 is 0 Å². The van der Waals surface area contributed by atoms with Crippen molar-refractivity contribution < 1.29 is 4.79 Å². The molecule has 0 radical (unpaired) electrons. The number of halogens is 2. The van der Waals surface area contributed by atoms with E-state index in [1.165, 1.54) is 5.56 Å². The predicted octanol–water partition coefficient (Wildman–Crippen LogP) is 5.46. The number of likely N-dealkylation sites (tertiary alicyclic amines) is 1. The molecule has 1 aliphatic rings. The summed E-state index contributed by atoms with van der Waals surface area (Å²) in [6.07, 6.45) is 1.69. The van der Waals surface area contributed by atoms with Crippen LogP contribution < -0.4 is 5.32 Å². The Kier molecular flexibility index (Phi) is 6.23. The number of carbonyl (C=O) groups is 1. The summed E-state index contributed by atoms with van der Waals surface area (Å²) < 4.78 is 0. The Morgan fingerprint density at radius 1 is 1.12 bits per heavy atom. The Morgan fingerprint density at radius 2 is 1.77 bits per heavy atom. The molecule has 0 bridgehead atoms. The van der Waals surface area contributed by atoms with Crippen LogP contribution in [-0.2, 0) is 11.3 Å². The average Bonchev–Trinajstić information content (AvgIpc) is 2.61. The zero-order chi connectivity index (χ0) is 18.7. The third-order valence-electron chi connectivity index (χ3n) is 5.04. The summed E-state index contributed by atoms with van der Waals surface area (Å²) in [6.45, 7) is 6.54. The molecule has 0 saturated carbocycles. The number of hydrogen-bond acceptors (Lipinski definition) is 2. The van der Waals surface area contributed by atoms with Gasteiger partial charge < -0.3 is 5.32 Å². The fourth-order valence-corrected chi connectivity index (χ4v) is 3.97. The Hall–Kier alpha value is -1.55. The maximum absolute atomic E-state index is 12.6. The van der Waals surface area contributed by atoms with E-state index in [9.17, 15) is 4.79 Å². The lowest BCUT2D eigenvalue weighted by molar-refractivity contribution is -0.121. The lowest BCUT2D eigenvalue weighted by atomic mass is 9.95. The summed E-state index contributed by atoms with van der Waals surface area (Å²) in [7, 11) is 0. The molecule has 1 fully saturated rings. The maximum atomic E-state index is 12.6. The number of benzene rings is 2. The largest absolute Gasteiger partial charge is 0.326 e. The molecule has 3 nitrogen and oxygen atoms in total. The monoisotopic (exact) mass is 390 g/mol. The van der Waals surface area contributed by atoms with Crippen LogP contribution >= 0.6 is 23.2 Å². The van der Waals surface area contributed by atoms with Gasteiger partial charge in [-0.1, -0.05) is 47.0 Å². The van der Waals surface area contributed by atoms with Crippen molar-refractivity contribution in [2.24, 2.45) is 5.92 Å². The highest BCUT2D eigenvalue weighted by molar-refractivity contribution is 6.35. The minimum Gasteiger partial charge on any atom is -0.326 e. The van der Waals surface area contributed by atoms with Crippen LogP contribution in [0, 0.1) is 19.8 Å². The number of anilines is 1. The smallest absolute Gasteiger partial charge is 0.227 e. The van der Waals surface area contributed by atoms with E-state index in [1.54, 1.807) is 0 Å². The topological polar surface area (TPSA) is 32.3 Å². The van der Waals surface area contributed by atoms with Gasteiger partial charge in [-0.2, -0.15) is 0 Å². The number of amides is 1. The van der Waals surface area contributed by atoms with E-state index in [1.807, 2.05) is 37.3 Å². The van der Waals surface area contributed by atoms with E-state index in [4.69, 9.17) is 23.2 Å². The van der Waals surface area contributed by atoms with Crippen LogP contribution in [0.15, 0.2) is 36.4 Å². The third-order valence-corrected chi connectivity index (χ3v) is 5.75. The van der Waals surface area contributed by atoms with Crippen LogP contribution in [0.3, 0.4) is 0 Å². The zero-order valence-corrected chi connectivity index (χ0v) is 16.7. The molecule has 1 saturated heterocycles. The first-order valence-corrected chi connectivity index (χ1v) is 9.73. The Labute approximate surface area is 165 Å². The second-order valence-corrected chi connectivity index (χ2v) is 7.87. The molecule has 5 heteroatoms. The summed E-state index contributed by atoms with van der Waals surface area (Å²) in [4.78, 5) is 14.9. The first kappa shape index (κ1) is 19.2. The third kappa shape index (κ3) is 4.59. The molecule has 1 heterocycles. The van der Waals surface area contributed by atoms with Crippen LogP contribution in [0.5, 0.6) is 0 Å². The zero-order valence-electron chi connectivity index (χ0n) is 15.2. The number of carbonyl (C=O) groups excluding carboxylic acids is 1. The van der Waals surface area contributed by atoms with Crippen LogP contribution in [0.4, 0.5) is 5.69 Å². The number of nitrogens with zero attached hydrogens (tertiary/aromatic N) is 1.